The van der Waals surface area contributed by atoms with Gasteiger partial charge in [0.25, 0.3) is 0 Å². The number of benzene rings is 1. The SMILES string of the molecule is Cc1cccc(C(=O)OOOC(=O)OCC(C)C)c1. The number of carbonyl (C=O) groups is 2. The zero-order chi connectivity index (χ0) is 14.3. The third kappa shape index (κ3) is 5.87. The molecule has 1 aromatic rings. The van der Waals surface area contributed by atoms with Crippen molar-refractivity contribution < 1.29 is 29.1 Å². The molecule has 6 heteroatoms. The maximum Gasteiger partial charge on any atom is 0.543 e. The van der Waals surface area contributed by atoms with Gasteiger partial charge in [-0.25, -0.2) is 14.5 Å². The van der Waals surface area contributed by atoms with E-state index in [-0.39, 0.29) is 12.5 Å². The van der Waals surface area contributed by atoms with Crippen LogP contribution in [0.1, 0.15) is 29.8 Å². The van der Waals surface area contributed by atoms with Gasteiger partial charge in [-0.2, -0.15) is 0 Å². The minimum absolute atomic E-state index is 0.169. The number of hydrogen-bond acceptors (Lipinski definition) is 6. The summed E-state index contributed by atoms with van der Waals surface area (Å²) in [4.78, 5) is 30.8. The lowest BCUT2D eigenvalue weighted by Crippen LogP contribution is -2.14. The molecule has 0 N–H and O–H groups in total. The van der Waals surface area contributed by atoms with Crippen LogP contribution in [0.25, 0.3) is 0 Å². The molecule has 19 heavy (non-hydrogen) atoms. The first kappa shape index (κ1) is 15.0. The van der Waals surface area contributed by atoms with Gasteiger partial charge in [-0.3, -0.25) is 4.89 Å². The fourth-order valence-corrected chi connectivity index (χ4v) is 1.15. The van der Waals surface area contributed by atoms with Crippen molar-refractivity contribution in [1.82, 2.24) is 0 Å². The molecule has 0 saturated heterocycles. The molecular formula is C13H16O6. The summed E-state index contributed by atoms with van der Waals surface area (Å²) in [5.41, 5.74) is 1.19. The van der Waals surface area contributed by atoms with Crippen molar-refractivity contribution in [3.05, 3.63) is 35.4 Å². The average Bonchev–Trinajstić information content (AvgIpc) is 2.36. The van der Waals surface area contributed by atoms with E-state index >= 15 is 0 Å². The van der Waals surface area contributed by atoms with Crippen LogP contribution in [0.2, 0.25) is 0 Å². The molecular weight excluding hydrogens is 252 g/mol. The monoisotopic (exact) mass is 268 g/mol. The number of rotatable bonds is 5. The van der Waals surface area contributed by atoms with Crippen LogP contribution < -0.4 is 0 Å². The molecule has 0 amide bonds. The first-order chi connectivity index (χ1) is 8.99. The summed E-state index contributed by atoms with van der Waals surface area (Å²) >= 11 is 0. The number of aryl methyl sites for hydroxylation is 1. The van der Waals surface area contributed by atoms with Crippen LogP contribution in [0.15, 0.2) is 24.3 Å². The number of carbonyl (C=O) groups excluding carboxylic acids is 2. The molecule has 104 valence electrons. The van der Waals surface area contributed by atoms with Crippen LogP contribution in [-0.2, 0) is 19.6 Å². The van der Waals surface area contributed by atoms with Crippen molar-refractivity contribution >= 4 is 12.1 Å². The molecule has 0 aliphatic rings. The highest BCUT2D eigenvalue weighted by Crippen LogP contribution is 2.06. The average molecular weight is 268 g/mol. The Kier molecular flexibility index (Phi) is 5.81. The van der Waals surface area contributed by atoms with Gasteiger partial charge in [0.1, 0.15) is 0 Å². The van der Waals surface area contributed by atoms with Gasteiger partial charge in [0.05, 0.1) is 17.2 Å². The van der Waals surface area contributed by atoms with Gasteiger partial charge in [0.15, 0.2) is 0 Å². The predicted molar refractivity (Wildman–Crippen MR) is 65.0 cm³/mol. The molecule has 1 aromatic carbocycles. The maximum absolute atomic E-state index is 11.5. The highest BCUT2D eigenvalue weighted by molar-refractivity contribution is 5.89. The lowest BCUT2D eigenvalue weighted by Gasteiger charge is -2.05. The fourth-order valence-electron chi connectivity index (χ4n) is 1.15. The standard InChI is InChI=1S/C13H16O6/c1-9(2)8-16-13(15)18-19-17-12(14)11-6-4-5-10(3)7-11/h4-7,9H,8H2,1-3H3. The normalized spacial score (nSPS) is 10.1. The van der Waals surface area contributed by atoms with Crippen LogP contribution in [0.4, 0.5) is 4.79 Å². The van der Waals surface area contributed by atoms with Crippen molar-refractivity contribution in [2.24, 2.45) is 5.92 Å². The molecule has 0 atom stereocenters. The van der Waals surface area contributed by atoms with Crippen LogP contribution >= 0.6 is 0 Å². The fraction of sp³-hybridized carbons (Fsp3) is 0.385. The van der Waals surface area contributed by atoms with Gasteiger partial charge in [-0.05, 0) is 25.0 Å². The van der Waals surface area contributed by atoms with E-state index in [4.69, 9.17) is 0 Å². The van der Waals surface area contributed by atoms with E-state index in [1.54, 1.807) is 18.2 Å². The topological polar surface area (TPSA) is 71.1 Å². The molecule has 0 saturated carbocycles. The third-order valence-corrected chi connectivity index (χ3v) is 2.00. The minimum atomic E-state index is -1.06. The Balaban J connectivity index is 2.29. The first-order valence-electron chi connectivity index (χ1n) is 5.78. The first-order valence-corrected chi connectivity index (χ1v) is 5.78. The smallest absolute Gasteiger partial charge is 0.432 e. The summed E-state index contributed by atoms with van der Waals surface area (Å²) < 4.78 is 4.63. The molecule has 0 radical (unpaired) electrons. The van der Waals surface area contributed by atoms with E-state index < -0.39 is 12.1 Å². The van der Waals surface area contributed by atoms with Crippen LogP contribution in [0.3, 0.4) is 0 Å². The van der Waals surface area contributed by atoms with Crippen LogP contribution in [-0.4, -0.2) is 18.7 Å². The summed E-state index contributed by atoms with van der Waals surface area (Å²) in [6, 6.07) is 6.69. The lowest BCUT2D eigenvalue weighted by molar-refractivity contribution is -0.452. The van der Waals surface area contributed by atoms with Gasteiger partial charge in [-0.15, -0.1) is 0 Å². The Morgan fingerprint density at radius 2 is 1.95 bits per heavy atom. The Hall–Kier alpha value is -2.08. The number of hydrogen-bond donors (Lipinski definition) is 0. The Labute approximate surface area is 111 Å². The van der Waals surface area contributed by atoms with Crippen molar-refractivity contribution in [2.75, 3.05) is 6.61 Å². The predicted octanol–water partition coefficient (Wildman–Crippen LogP) is 2.81. The third-order valence-electron chi connectivity index (χ3n) is 2.00. The van der Waals surface area contributed by atoms with Crippen molar-refractivity contribution in [3.8, 4) is 0 Å². The quantitative estimate of drug-likeness (QED) is 0.464. The van der Waals surface area contributed by atoms with Gasteiger partial charge >= 0.3 is 12.1 Å². The van der Waals surface area contributed by atoms with Gasteiger partial charge < -0.3 is 4.74 Å². The van der Waals surface area contributed by atoms with Crippen molar-refractivity contribution in [2.45, 2.75) is 20.8 Å². The van der Waals surface area contributed by atoms with Crippen LogP contribution in [0.5, 0.6) is 0 Å². The maximum atomic E-state index is 11.5. The lowest BCUT2D eigenvalue weighted by atomic mass is 10.1. The van der Waals surface area contributed by atoms with E-state index in [1.165, 1.54) is 0 Å². The molecule has 0 spiro atoms. The largest absolute Gasteiger partial charge is 0.543 e. The summed E-state index contributed by atoms with van der Waals surface area (Å²) in [5, 5.41) is 4.06. The minimum Gasteiger partial charge on any atom is -0.432 e. The molecule has 6 nitrogen and oxygen atoms in total. The summed E-state index contributed by atoms with van der Waals surface area (Å²) in [6.45, 7) is 5.75. The molecule has 0 aliphatic carbocycles. The second-order valence-electron chi connectivity index (χ2n) is 4.35. The van der Waals surface area contributed by atoms with Gasteiger partial charge in [0, 0.05) is 0 Å². The highest BCUT2D eigenvalue weighted by atomic mass is 17.5. The zero-order valence-corrected chi connectivity index (χ0v) is 11.0. The Morgan fingerprint density at radius 1 is 1.21 bits per heavy atom. The summed E-state index contributed by atoms with van der Waals surface area (Å²) in [6.07, 6.45) is -1.06. The molecule has 0 unspecified atom stereocenters. The van der Waals surface area contributed by atoms with E-state index in [0.29, 0.717) is 5.56 Å². The van der Waals surface area contributed by atoms with Gasteiger partial charge in [-0.1, -0.05) is 31.5 Å². The second kappa shape index (κ2) is 7.38. The van der Waals surface area contributed by atoms with E-state index in [1.807, 2.05) is 26.8 Å². The summed E-state index contributed by atoms with van der Waals surface area (Å²) in [5.74, 6) is -0.595. The van der Waals surface area contributed by atoms with E-state index in [9.17, 15) is 9.59 Å². The number of ether oxygens (including phenoxy) is 1. The highest BCUT2D eigenvalue weighted by Gasteiger charge is 2.12. The van der Waals surface area contributed by atoms with Crippen molar-refractivity contribution in [1.29, 1.82) is 0 Å². The van der Waals surface area contributed by atoms with E-state index in [0.717, 1.165) is 5.56 Å². The van der Waals surface area contributed by atoms with Gasteiger partial charge in [0.2, 0.25) is 0 Å². The molecule has 0 aromatic heterocycles. The van der Waals surface area contributed by atoms with E-state index in [2.05, 4.69) is 19.6 Å². The van der Waals surface area contributed by atoms with Crippen molar-refractivity contribution in [3.63, 3.8) is 0 Å². The molecule has 0 bridgehead atoms. The Morgan fingerprint density at radius 3 is 2.58 bits per heavy atom. The Bertz CT molecular complexity index is 441. The molecule has 0 aliphatic heterocycles. The summed E-state index contributed by atoms with van der Waals surface area (Å²) in [7, 11) is 0. The van der Waals surface area contributed by atoms with Crippen LogP contribution in [0, 0.1) is 12.8 Å². The second-order valence-corrected chi connectivity index (χ2v) is 4.35. The zero-order valence-electron chi connectivity index (χ0n) is 11.0. The molecule has 0 fully saturated rings. The molecule has 0 heterocycles. The molecule has 1 rings (SSSR count).